The van der Waals surface area contributed by atoms with Crippen LogP contribution in [0.1, 0.15) is 20.3 Å². The molecule has 0 aromatic carbocycles. The second-order valence-corrected chi connectivity index (χ2v) is 6.04. The Morgan fingerprint density at radius 3 is 2.40 bits per heavy atom. The Labute approximate surface area is 97.4 Å². The predicted molar refractivity (Wildman–Crippen MR) is 62.8 cm³/mol. The number of sulfonamides is 1. The Hall–Kier alpha value is 0.160. The molecule has 4 nitrogen and oxygen atoms in total. The molecule has 6 heteroatoms. The lowest BCUT2D eigenvalue weighted by Gasteiger charge is -2.21. The molecule has 0 saturated heterocycles. The standard InChI is InChI=1S/C9H20ClNO3S/c1-8(2)9(7-14-3)11-15(12,13)6-4-5-10/h8-9,11H,4-7H2,1-3H3. The fourth-order valence-corrected chi connectivity index (χ4v) is 2.81. The highest BCUT2D eigenvalue weighted by Crippen LogP contribution is 2.04. The smallest absolute Gasteiger partial charge is 0.211 e. The van der Waals surface area contributed by atoms with Crippen LogP contribution in [0.25, 0.3) is 0 Å². The van der Waals surface area contributed by atoms with Crippen molar-refractivity contribution in [3.05, 3.63) is 0 Å². The molecule has 0 aromatic rings. The summed E-state index contributed by atoms with van der Waals surface area (Å²) in [7, 11) is -1.67. The Bertz CT molecular complexity index is 254. The Morgan fingerprint density at radius 1 is 1.40 bits per heavy atom. The fourth-order valence-electron chi connectivity index (χ4n) is 1.08. The zero-order chi connectivity index (χ0) is 11.9. The van der Waals surface area contributed by atoms with E-state index >= 15 is 0 Å². The summed E-state index contributed by atoms with van der Waals surface area (Å²) in [6, 6.07) is -0.171. The van der Waals surface area contributed by atoms with Gasteiger partial charge in [0.2, 0.25) is 10.0 Å². The lowest BCUT2D eigenvalue weighted by Crippen LogP contribution is -2.42. The van der Waals surface area contributed by atoms with Gasteiger partial charge in [0.25, 0.3) is 0 Å². The summed E-state index contributed by atoms with van der Waals surface area (Å²) >= 11 is 5.45. The molecule has 1 N–H and O–H groups in total. The first-order valence-electron chi connectivity index (χ1n) is 4.98. The van der Waals surface area contributed by atoms with Crippen molar-refractivity contribution in [2.45, 2.75) is 26.3 Å². The minimum Gasteiger partial charge on any atom is -0.383 e. The zero-order valence-corrected chi connectivity index (χ0v) is 11.1. The molecule has 0 bridgehead atoms. The molecule has 0 aromatic heterocycles. The molecule has 15 heavy (non-hydrogen) atoms. The number of rotatable bonds is 8. The van der Waals surface area contributed by atoms with Crippen LogP contribution < -0.4 is 4.72 Å². The molecule has 1 unspecified atom stereocenters. The van der Waals surface area contributed by atoms with Crippen molar-refractivity contribution in [3.63, 3.8) is 0 Å². The first kappa shape index (κ1) is 15.2. The molecule has 0 aliphatic carbocycles. The second kappa shape index (κ2) is 7.44. The maximum Gasteiger partial charge on any atom is 0.211 e. The van der Waals surface area contributed by atoms with Crippen LogP contribution in [-0.2, 0) is 14.8 Å². The van der Waals surface area contributed by atoms with Crippen LogP contribution in [0.2, 0.25) is 0 Å². The van der Waals surface area contributed by atoms with E-state index in [2.05, 4.69) is 4.72 Å². The van der Waals surface area contributed by atoms with Gasteiger partial charge in [0.05, 0.1) is 12.4 Å². The number of hydrogen-bond donors (Lipinski definition) is 1. The highest BCUT2D eigenvalue weighted by Gasteiger charge is 2.20. The van der Waals surface area contributed by atoms with Gasteiger partial charge in [-0.25, -0.2) is 13.1 Å². The number of nitrogens with one attached hydrogen (secondary N) is 1. The molecule has 0 aliphatic rings. The largest absolute Gasteiger partial charge is 0.383 e. The van der Waals surface area contributed by atoms with Gasteiger partial charge >= 0.3 is 0 Å². The first-order valence-corrected chi connectivity index (χ1v) is 7.16. The number of ether oxygens (including phenoxy) is 1. The molecule has 0 amide bonds. The van der Waals surface area contributed by atoms with Crippen molar-refractivity contribution in [1.29, 1.82) is 0 Å². The summed E-state index contributed by atoms with van der Waals surface area (Å²) in [5, 5.41) is 0. The van der Waals surface area contributed by atoms with Gasteiger partial charge in [0.15, 0.2) is 0 Å². The highest BCUT2D eigenvalue weighted by molar-refractivity contribution is 7.89. The minimum atomic E-state index is -3.22. The molecule has 0 spiro atoms. The average molecular weight is 258 g/mol. The van der Waals surface area contributed by atoms with Crippen LogP contribution in [0.4, 0.5) is 0 Å². The van der Waals surface area contributed by atoms with Gasteiger partial charge < -0.3 is 4.74 Å². The molecule has 0 radical (unpaired) electrons. The third-order valence-corrected chi connectivity index (χ3v) is 3.78. The molecule has 0 rings (SSSR count). The molecule has 92 valence electrons. The fraction of sp³-hybridized carbons (Fsp3) is 1.00. The van der Waals surface area contributed by atoms with Crippen LogP contribution >= 0.6 is 11.6 Å². The normalized spacial score (nSPS) is 14.5. The highest BCUT2D eigenvalue weighted by atomic mass is 35.5. The van der Waals surface area contributed by atoms with Crippen molar-refractivity contribution >= 4 is 21.6 Å². The summed E-state index contributed by atoms with van der Waals surface area (Å²) in [5.41, 5.74) is 0. The first-order chi connectivity index (χ1) is 6.93. The maximum absolute atomic E-state index is 11.6. The summed E-state index contributed by atoms with van der Waals surface area (Å²) in [5.74, 6) is 0.636. The number of hydrogen-bond acceptors (Lipinski definition) is 3. The molecule has 0 aliphatic heterocycles. The van der Waals surface area contributed by atoms with Gasteiger partial charge in [-0.05, 0) is 12.3 Å². The summed E-state index contributed by atoms with van der Waals surface area (Å²) < 4.78 is 30.7. The van der Waals surface area contributed by atoms with Gasteiger partial charge in [-0.3, -0.25) is 0 Å². The number of alkyl halides is 1. The quantitative estimate of drug-likeness (QED) is 0.665. The van der Waals surface area contributed by atoms with Crippen LogP contribution in [0.5, 0.6) is 0 Å². The van der Waals surface area contributed by atoms with Crippen molar-refractivity contribution in [3.8, 4) is 0 Å². The SMILES string of the molecule is COCC(NS(=O)(=O)CCCCl)C(C)C. The van der Waals surface area contributed by atoms with E-state index in [0.717, 1.165) is 0 Å². The summed E-state index contributed by atoms with van der Waals surface area (Å²) in [6.45, 7) is 4.29. The third-order valence-electron chi connectivity index (χ3n) is 2.03. The van der Waals surface area contributed by atoms with E-state index in [9.17, 15) is 8.42 Å². The lowest BCUT2D eigenvalue weighted by atomic mass is 10.1. The summed E-state index contributed by atoms with van der Waals surface area (Å²) in [6.07, 6.45) is 0.467. The monoisotopic (exact) mass is 257 g/mol. The Balaban J connectivity index is 4.25. The van der Waals surface area contributed by atoms with Crippen molar-refractivity contribution < 1.29 is 13.2 Å². The molecule has 0 saturated carbocycles. The van der Waals surface area contributed by atoms with Crippen molar-refractivity contribution in [2.24, 2.45) is 5.92 Å². The Kier molecular flexibility index (Phi) is 7.52. The van der Waals surface area contributed by atoms with Gasteiger partial charge in [-0.15, -0.1) is 11.6 Å². The lowest BCUT2D eigenvalue weighted by molar-refractivity contribution is 0.157. The van der Waals surface area contributed by atoms with E-state index in [1.54, 1.807) is 7.11 Å². The predicted octanol–water partition coefficient (Wildman–Crippen LogP) is 1.21. The van der Waals surface area contributed by atoms with Gasteiger partial charge in [-0.1, -0.05) is 13.8 Å². The van der Waals surface area contributed by atoms with Crippen LogP contribution in [0.3, 0.4) is 0 Å². The second-order valence-electron chi connectivity index (χ2n) is 3.79. The number of methoxy groups -OCH3 is 1. The zero-order valence-electron chi connectivity index (χ0n) is 9.49. The Morgan fingerprint density at radius 2 is 2.00 bits per heavy atom. The van der Waals surface area contributed by atoms with Gasteiger partial charge in [-0.2, -0.15) is 0 Å². The van der Waals surface area contributed by atoms with E-state index in [1.807, 2.05) is 13.8 Å². The van der Waals surface area contributed by atoms with E-state index in [4.69, 9.17) is 16.3 Å². The van der Waals surface area contributed by atoms with Crippen LogP contribution in [-0.4, -0.2) is 39.8 Å². The van der Waals surface area contributed by atoms with Crippen molar-refractivity contribution in [1.82, 2.24) is 4.72 Å². The molecule has 0 heterocycles. The third kappa shape index (κ3) is 7.11. The van der Waals surface area contributed by atoms with Crippen molar-refractivity contribution in [2.75, 3.05) is 25.3 Å². The molecular weight excluding hydrogens is 238 g/mol. The van der Waals surface area contributed by atoms with E-state index in [0.29, 0.717) is 18.9 Å². The molecule has 0 fully saturated rings. The van der Waals surface area contributed by atoms with E-state index in [1.165, 1.54) is 0 Å². The topological polar surface area (TPSA) is 55.4 Å². The van der Waals surface area contributed by atoms with Gasteiger partial charge in [0, 0.05) is 19.0 Å². The minimum absolute atomic E-state index is 0.0729. The number of halogens is 1. The molecular formula is C9H20ClNO3S. The van der Waals surface area contributed by atoms with Crippen LogP contribution in [0.15, 0.2) is 0 Å². The molecule has 1 atom stereocenters. The maximum atomic E-state index is 11.6. The average Bonchev–Trinajstić information content (AvgIpc) is 2.14. The van der Waals surface area contributed by atoms with E-state index < -0.39 is 10.0 Å². The summed E-state index contributed by atoms with van der Waals surface area (Å²) in [4.78, 5) is 0. The van der Waals surface area contributed by atoms with E-state index in [-0.39, 0.29) is 17.7 Å². The van der Waals surface area contributed by atoms with Gasteiger partial charge in [0.1, 0.15) is 0 Å². The van der Waals surface area contributed by atoms with Crippen LogP contribution in [0, 0.1) is 5.92 Å².